The number of nitro benzene ring substituents is 1. The molecule has 0 radical (unpaired) electrons. The fourth-order valence-corrected chi connectivity index (χ4v) is 1.49. The van der Waals surface area contributed by atoms with Gasteiger partial charge in [-0.05, 0) is 30.2 Å². The van der Waals surface area contributed by atoms with Crippen molar-refractivity contribution < 1.29 is 9.66 Å². The van der Waals surface area contributed by atoms with Crippen LogP contribution in [0.15, 0.2) is 18.2 Å². The van der Waals surface area contributed by atoms with Crippen molar-refractivity contribution in [2.45, 2.75) is 6.92 Å². The molecule has 0 saturated carbocycles. The van der Waals surface area contributed by atoms with Crippen molar-refractivity contribution in [2.75, 3.05) is 0 Å². The van der Waals surface area contributed by atoms with Crippen molar-refractivity contribution in [1.82, 2.24) is 15.2 Å². The van der Waals surface area contributed by atoms with Gasteiger partial charge >= 0.3 is 0 Å². The first kappa shape index (κ1) is 13.4. The van der Waals surface area contributed by atoms with E-state index in [2.05, 4.69) is 15.2 Å². The van der Waals surface area contributed by atoms with Crippen molar-refractivity contribution in [3.8, 4) is 11.6 Å². The molecule has 2 rings (SSSR count). The minimum atomic E-state index is -0.529. The lowest BCUT2D eigenvalue weighted by Gasteiger charge is -2.07. The zero-order chi connectivity index (χ0) is 14.0. The molecule has 0 unspecified atom stereocenters. The molecule has 7 nitrogen and oxygen atoms in total. The second kappa shape index (κ2) is 5.33. The SMILES string of the molecule is Cc1ccc([N+](=O)[O-])cc1Oc1nc(Cl)nnc1Cl. The number of hydrogen-bond donors (Lipinski definition) is 0. The van der Waals surface area contributed by atoms with E-state index in [0.29, 0.717) is 5.56 Å². The normalized spacial score (nSPS) is 10.3. The molecule has 0 amide bonds. The molecular weight excluding hydrogens is 295 g/mol. The molecule has 0 atom stereocenters. The molecule has 1 aromatic heterocycles. The number of nitrogens with zero attached hydrogens (tertiary/aromatic N) is 4. The smallest absolute Gasteiger partial charge is 0.273 e. The quantitative estimate of drug-likeness (QED) is 0.638. The van der Waals surface area contributed by atoms with Crippen molar-refractivity contribution in [2.24, 2.45) is 0 Å². The minimum absolute atomic E-state index is 0.0646. The lowest BCUT2D eigenvalue weighted by Crippen LogP contribution is -1.97. The molecule has 0 fully saturated rings. The monoisotopic (exact) mass is 300 g/mol. The first-order valence-electron chi connectivity index (χ1n) is 4.96. The third-order valence-corrected chi connectivity index (χ3v) is 2.58. The van der Waals surface area contributed by atoms with E-state index < -0.39 is 4.92 Å². The molecular formula is C10H6Cl2N4O3. The Morgan fingerprint density at radius 1 is 1.32 bits per heavy atom. The Kier molecular flexibility index (Phi) is 3.77. The van der Waals surface area contributed by atoms with Gasteiger partial charge < -0.3 is 4.74 Å². The number of ether oxygens (including phenoxy) is 1. The standard InChI is InChI=1S/C10H6Cl2N4O3/c1-5-2-3-6(16(17)18)4-7(5)19-9-8(11)14-15-10(12)13-9/h2-4H,1H3. The summed E-state index contributed by atoms with van der Waals surface area (Å²) in [6.07, 6.45) is 0. The first-order chi connectivity index (χ1) is 8.97. The summed E-state index contributed by atoms with van der Waals surface area (Å²) in [4.78, 5) is 13.9. The molecule has 0 aliphatic heterocycles. The van der Waals surface area contributed by atoms with Gasteiger partial charge in [0.25, 0.3) is 11.6 Å². The summed E-state index contributed by atoms with van der Waals surface area (Å²) in [5.74, 6) is 0.179. The van der Waals surface area contributed by atoms with Gasteiger partial charge in [0.1, 0.15) is 5.75 Å². The fourth-order valence-electron chi connectivity index (χ4n) is 1.26. The molecule has 1 aromatic carbocycles. The van der Waals surface area contributed by atoms with E-state index >= 15 is 0 Å². The lowest BCUT2D eigenvalue weighted by molar-refractivity contribution is -0.384. The Hall–Kier alpha value is -1.99. The van der Waals surface area contributed by atoms with Gasteiger partial charge in [-0.1, -0.05) is 11.6 Å². The number of benzene rings is 1. The van der Waals surface area contributed by atoms with Gasteiger partial charge in [0, 0.05) is 6.07 Å². The van der Waals surface area contributed by atoms with E-state index in [1.807, 2.05) is 0 Å². The second-order valence-electron chi connectivity index (χ2n) is 3.49. The summed E-state index contributed by atoms with van der Waals surface area (Å²) in [5.41, 5.74) is 0.571. The molecule has 0 spiro atoms. The van der Waals surface area contributed by atoms with E-state index in [-0.39, 0.29) is 27.8 Å². The average Bonchev–Trinajstić information content (AvgIpc) is 2.36. The summed E-state index contributed by atoms with van der Waals surface area (Å²) in [7, 11) is 0. The molecule has 2 aromatic rings. The third kappa shape index (κ3) is 3.07. The predicted molar refractivity (Wildman–Crippen MR) is 67.8 cm³/mol. The predicted octanol–water partition coefficient (Wildman–Crippen LogP) is 3.19. The molecule has 1 heterocycles. The van der Waals surface area contributed by atoms with Gasteiger partial charge in [0.05, 0.1) is 11.0 Å². The maximum atomic E-state index is 10.7. The molecule has 19 heavy (non-hydrogen) atoms. The van der Waals surface area contributed by atoms with Crippen LogP contribution in [0, 0.1) is 17.0 Å². The van der Waals surface area contributed by atoms with Crippen molar-refractivity contribution in [3.05, 3.63) is 44.3 Å². The van der Waals surface area contributed by atoms with Crippen LogP contribution in [0.2, 0.25) is 10.4 Å². The van der Waals surface area contributed by atoms with Crippen LogP contribution in [0.3, 0.4) is 0 Å². The maximum absolute atomic E-state index is 10.7. The molecule has 0 N–H and O–H groups in total. The lowest BCUT2D eigenvalue weighted by atomic mass is 10.2. The molecule has 0 saturated heterocycles. The van der Waals surface area contributed by atoms with E-state index in [0.717, 1.165) is 0 Å². The van der Waals surface area contributed by atoms with E-state index in [1.54, 1.807) is 13.0 Å². The number of nitro groups is 1. The highest BCUT2D eigenvalue weighted by atomic mass is 35.5. The third-order valence-electron chi connectivity index (χ3n) is 2.18. The fraction of sp³-hybridized carbons (Fsp3) is 0.100. The Morgan fingerprint density at radius 3 is 2.74 bits per heavy atom. The molecule has 9 heteroatoms. The number of hydrogen-bond acceptors (Lipinski definition) is 6. The van der Waals surface area contributed by atoms with Crippen LogP contribution >= 0.6 is 23.2 Å². The highest BCUT2D eigenvalue weighted by Crippen LogP contribution is 2.30. The van der Waals surface area contributed by atoms with Crippen LogP contribution in [-0.4, -0.2) is 20.1 Å². The Bertz CT molecular complexity index is 651. The summed E-state index contributed by atoms with van der Waals surface area (Å²) in [6.45, 7) is 1.73. The van der Waals surface area contributed by atoms with Crippen molar-refractivity contribution >= 4 is 28.9 Å². The summed E-state index contributed by atoms with van der Waals surface area (Å²) in [6, 6.07) is 4.19. The molecule has 98 valence electrons. The van der Waals surface area contributed by atoms with Gasteiger partial charge in [-0.15, -0.1) is 10.2 Å². The van der Waals surface area contributed by atoms with Crippen LogP contribution in [0.25, 0.3) is 0 Å². The highest BCUT2D eigenvalue weighted by molar-refractivity contribution is 6.31. The largest absolute Gasteiger partial charge is 0.436 e. The van der Waals surface area contributed by atoms with Crippen LogP contribution in [-0.2, 0) is 0 Å². The van der Waals surface area contributed by atoms with Gasteiger partial charge in [0.15, 0.2) is 0 Å². The minimum Gasteiger partial charge on any atom is -0.436 e. The number of non-ortho nitro benzene ring substituents is 1. The number of rotatable bonds is 3. The van der Waals surface area contributed by atoms with Crippen LogP contribution in [0.4, 0.5) is 5.69 Å². The first-order valence-corrected chi connectivity index (χ1v) is 5.71. The van der Waals surface area contributed by atoms with Crippen LogP contribution < -0.4 is 4.74 Å². The average molecular weight is 301 g/mol. The van der Waals surface area contributed by atoms with Gasteiger partial charge in [0.2, 0.25) is 10.4 Å². The Morgan fingerprint density at radius 2 is 2.05 bits per heavy atom. The van der Waals surface area contributed by atoms with E-state index in [1.165, 1.54) is 12.1 Å². The van der Waals surface area contributed by atoms with Crippen molar-refractivity contribution in [3.63, 3.8) is 0 Å². The maximum Gasteiger partial charge on any atom is 0.273 e. The van der Waals surface area contributed by atoms with E-state index in [4.69, 9.17) is 27.9 Å². The Balaban J connectivity index is 2.40. The zero-order valence-corrected chi connectivity index (χ0v) is 11.0. The van der Waals surface area contributed by atoms with E-state index in [9.17, 15) is 10.1 Å². The van der Waals surface area contributed by atoms with Crippen LogP contribution in [0.5, 0.6) is 11.6 Å². The number of halogens is 2. The van der Waals surface area contributed by atoms with Gasteiger partial charge in [-0.2, -0.15) is 4.98 Å². The molecule has 0 aliphatic rings. The second-order valence-corrected chi connectivity index (χ2v) is 4.18. The summed E-state index contributed by atoms with van der Waals surface area (Å²) < 4.78 is 5.38. The van der Waals surface area contributed by atoms with Gasteiger partial charge in [-0.3, -0.25) is 10.1 Å². The topological polar surface area (TPSA) is 91.0 Å². The zero-order valence-electron chi connectivity index (χ0n) is 9.50. The number of aromatic nitrogens is 3. The van der Waals surface area contributed by atoms with Gasteiger partial charge in [-0.25, -0.2) is 0 Å². The van der Waals surface area contributed by atoms with Crippen molar-refractivity contribution in [1.29, 1.82) is 0 Å². The highest BCUT2D eigenvalue weighted by Gasteiger charge is 2.14. The van der Waals surface area contributed by atoms with Crippen LogP contribution in [0.1, 0.15) is 5.56 Å². The summed E-state index contributed by atoms with van der Waals surface area (Å²) >= 11 is 11.3. The Labute approximate surface area is 117 Å². The molecule has 0 bridgehead atoms. The summed E-state index contributed by atoms with van der Waals surface area (Å²) in [5, 5.41) is 17.4. The molecule has 0 aliphatic carbocycles. The number of aryl methyl sites for hydroxylation is 1.